The Hall–Kier alpha value is -0.270. The molecule has 0 spiro atoms. The van der Waals surface area contributed by atoms with Gasteiger partial charge in [-0.05, 0) is 52.6 Å². The van der Waals surface area contributed by atoms with Gasteiger partial charge in [-0.25, -0.2) is 4.68 Å². The molecule has 76 valence electrons. The highest BCUT2D eigenvalue weighted by molar-refractivity contribution is 9.11. The van der Waals surface area contributed by atoms with Crippen molar-refractivity contribution in [2.75, 3.05) is 0 Å². The highest BCUT2D eigenvalue weighted by Gasteiger charge is 2.04. The predicted molar refractivity (Wildman–Crippen MR) is 64.9 cm³/mol. The van der Waals surface area contributed by atoms with Crippen molar-refractivity contribution in [3.8, 4) is 11.8 Å². The molecule has 0 saturated carbocycles. The number of halogens is 2. The summed E-state index contributed by atoms with van der Waals surface area (Å²) in [5.74, 6) is 6.26. The van der Waals surface area contributed by atoms with Gasteiger partial charge in [0.25, 0.3) is 0 Å². The van der Waals surface area contributed by atoms with Gasteiger partial charge in [0.15, 0.2) is 0 Å². The van der Waals surface area contributed by atoms with Crippen molar-refractivity contribution < 1.29 is 0 Å². The topological polar surface area (TPSA) is 17.8 Å². The first-order valence-electron chi connectivity index (χ1n) is 4.27. The van der Waals surface area contributed by atoms with Crippen LogP contribution < -0.4 is 0 Å². The monoisotopic (exact) mass is 318 g/mol. The van der Waals surface area contributed by atoms with Gasteiger partial charge in [0.05, 0.1) is 0 Å². The van der Waals surface area contributed by atoms with Crippen LogP contribution in [0, 0.1) is 17.3 Å². The number of hydrogen-bond acceptors (Lipinski definition) is 1. The fourth-order valence-electron chi connectivity index (χ4n) is 0.855. The van der Waals surface area contributed by atoms with Gasteiger partial charge >= 0.3 is 0 Å². The second-order valence-corrected chi connectivity index (χ2v) is 5.62. The standard InChI is InChI=1S/C10H12Br2N2/c1-10(2,3)5-4-6-14-9(12)7-8(11)13-14/h7H,6H2,1-3H3. The molecule has 14 heavy (non-hydrogen) atoms. The Bertz CT molecular complexity index is 377. The molecule has 0 bridgehead atoms. The van der Waals surface area contributed by atoms with E-state index in [2.05, 4.69) is 69.6 Å². The third-order valence-electron chi connectivity index (χ3n) is 1.39. The van der Waals surface area contributed by atoms with Gasteiger partial charge in [-0.15, -0.1) is 0 Å². The van der Waals surface area contributed by atoms with E-state index in [1.807, 2.05) is 10.7 Å². The summed E-state index contributed by atoms with van der Waals surface area (Å²) in [6.07, 6.45) is 0. The molecule has 0 aromatic carbocycles. The summed E-state index contributed by atoms with van der Waals surface area (Å²) in [6.45, 7) is 6.89. The van der Waals surface area contributed by atoms with Crippen LogP contribution in [0.3, 0.4) is 0 Å². The molecule has 0 amide bonds. The minimum Gasteiger partial charge on any atom is -0.245 e. The van der Waals surface area contributed by atoms with Crippen molar-refractivity contribution in [3.05, 3.63) is 15.3 Å². The molecule has 2 nitrogen and oxygen atoms in total. The molecule has 0 atom stereocenters. The highest BCUT2D eigenvalue weighted by atomic mass is 79.9. The van der Waals surface area contributed by atoms with Crippen molar-refractivity contribution in [1.82, 2.24) is 9.78 Å². The van der Waals surface area contributed by atoms with Gasteiger partial charge in [-0.3, -0.25) is 0 Å². The summed E-state index contributed by atoms with van der Waals surface area (Å²) in [7, 11) is 0. The zero-order valence-electron chi connectivity index (χ0n) is 8.43. The quantitative estimate of drug-likeness (QED) is 0.725. The minimum atomic E-state index is 0.0524. The smallest absolute Gasteiger partial charge is 0.129 e. The molecule has 0 N–H and O–H groups in total. The average Bonchev–Trinajstić information content (AvgIpc) is 2.27. The summed E-state index contributed by atoms with van der Waals surface area (Å²) in [4.78, 5) is 0. The van der Waals surface area contributed by atoms with Gasteiger partial charge in [-0.2, -0.15) is 5.10 Å². The summed E-state index contributed by atoms with van der Waals surface area (Å²) in [6, 6.07) is 1.90. The molecule has 0 aliphatic rings. The number of nitrogens with zero attached hydrogens (tertiary/aromatic N) is 2. The van der Waals surface area contributed by atoms with Crippen molar-refractivity contribution >= 4 is 31.9 Å². The molecule has 0 fully saturated rings. The Morgan fingerprint density at radius 2 is 2.07 bits per heavy atom. The fourth-order valence-corrected chi connectivity index (χ4v) is 1.99. The van der Waals surface area contributed by atoms with E-state index in [-0.39, 0.29) is 5.41 Å². The Kier molecular flexibility index (Phi) is 3.79. The Labute approximate surface area is 101 Å². The summed E-state index contributed by atoms with van der Waals surface area (Å²) in [5.41, 5.74) is 0.0524. The van der Waals surface area contributed by atoms with Gasteiger partial charge in [0.2, 0.25) is 0 Å². The molecular formula is C10H12Br2N2. The second-order valence-electron chi connectivity index (χ2n) is 4.00. The minimum absolute atomic E-state index is 0.0524. The van der Waals surface area contributed by atoms with Crippen LogP contribution >= 0.6 is 31.9 Å². The summed E-state index contributed by atoms with van der Waals surface area (Å²) >= 11 is 6.70. The van der Waals surface area contributed by atoms with Crippen LogP contribution in [-0.2, 0) is 6.54 Å². The molecule has 0 aliphatic carbocycles. The zero-order valence-corrected chi connectivity index (χ0v) is 11.6. The maximum Gasteiger partial charge on any atom is 0.129 e. The van der Waals surface area contributed by atoms with Crippen molar-refractivity contribution in [2.45, 2.75) is 27.3 Å². The fraction of sp³-hybridized carbons (Fsp3) is 0.500. The average molecular weight is 320 g/mol. The van der Waals surface area contributed by atoms with Gasteiger partial charge < -0.3 is 0 Å². The predicted octanol–water partition coefficient (Wildman–Crippen LogP) is 3.46. The van der Waals surface area contributed by atoms with E-state index in [0.29, 0.717) is 6.54 Å². The maximum absolute atomic E-state index is 4.21. The van der Waals surface area contributed by atoms with E-state index < -0.39 is 0 Å². The van der Waals surface area contributed by atoms with Crippen LogP contribution in [0.15, 0.2) is 15.3 Å². The third kappa shape index (κ3) is 3.85. The SMILES string of the molecule is CC(C)(C)C#CCn1nc(Br)cc1Br. The van der Waals surface area contributed by atoms with E-state index in [1.165, 1.54) is 0 Å². The molecule has 0 saturated heterocycles. The van der Waals surface area contributed by atoms with Gasteiger partial charge in [-0.1, -0.05) is 11.8 Å². The Balaban J connectivity index is 2.70. The lowest BCUT2D eigenvalue weighted by Crippen LogP contribution is -2.02. The van der Waals surface area contributed by atoms with E-state index >= 15 is 0 Å². The van der Waals surface area contributed by atoms with Crippen molar-refractivity contribution in [2.24, 2.45) is 5.41 Å². The van der Waals surface area contributed by atoms with Crippen LogP contribution in [0.4, 0.5) is 0 Å². The van der Waals surface area contributed by atoms with E-state index in [9.17, 15) is 0 Å². The number of rotatable bonds is 1. The molecule has 0 aliphatic heterocycles. The van der Waals surface area contributed by atoms with Gasteiger partial charge in [0.1, 0.15) is 15.8 Å². The van der Waals surface area contributed by atoms with Crippen LogP contribution in [-0.4, -0.2) is 9.78 Å². The molecule has 0 radical (unpaired) electrons. The number of hydrogen-bond donors (Lipinski definition) is 0. The molecular weight excluding hydrogens is 308 g/mol. The Morgan fingerprint density at radius 1 is 1.43 bits per heavy atom. The van der Waals surface area contributed by atoms with Crippen LogP contribution in [0.25, 0.3) is 0 Å². The molecule has 1 aromatic rings. The lowest BCUT2D eigenvalue weighted by Gasteiger charge is -2.06. The summed E-state index contributed by atoms with van der Waals surface area (Å²) in [5, 5.41) is 4.21. The molecule has 0 unspecified atom stereocenters. The van der Waals surface area contributed by atoms with Crippen molar-refractivity contribution in [3.63, 3.8) is 0 Å². The first-order valence-corrected chi connectivity index (χ1v) is 5.86. The summed E-state index contributed by atoms with van der Waals surface area (Å²) < 4.78 is 3.57. The molecule has 1 heterocycles. The maximum atomic E-state index is 4.21. The zero-order chi connectivity index (χ0) is 10.8. The van der Waals surface area contributed by atoms with E-state index in [0.717, 1.165) is 9.21 Å². The first-order chi connectivity index (χ1) is 6.38. The number of aromatic nitrogens is 2. The normalized spacial score (nSPS) is 10.9. The molecule has 4 heteroatoms. The van der Waals surface area contributed by atoms with Crippen molar-refractivity contribution in [1.29, 1.82) is 0 Å². The molecule has 1 rings (SSSR count). The first kappa shape index (κ1) is 11.8. The lowest BCUT2D eigenvalue weighted by atomic mass is 9.98. The van der Waals surface area contributed by atoms with E-state index in [4.69, 9.17) is 0 Å². The lowest BCUT2D eigenvalue weighted by molar-refractivity contribution is 0.568. The molecule has 1 aromatic heterocycles. The van der Waals surface area contributed by atoms with Crippen LogP contribution in [0.1, 0.15) is 20.8 Å². The Morgan fingerprint density at radius 3 is 2.50 bits per heavy atom. The van der Waals surface area contributed by atoms with Crippen LogP contribution in [0.2, 0.25) is 0 Å². The van der Waals surface area contributed by atoms with Crippen LogP contribution in [0.5, 0.6) is 0 Å². The van der Waals surface area contributed by atoms with E-state index in [1.54, 1.807) is 0 Å². The largest absolute Gasteiger partial charge is 0.245 e. The second kappa shape index (κ2) is 4.50. The highest BCUT2D eigenvalue weighted by Crippen LogP contribution is 2.16. The van der Waals surface area contributed by atoms with Gasteiger partial charge in [0, 0.05) is 11.5 Å². The third-order valence-corrected chi connectivity index (χ3v) is 2.42.